The standard InChI is InChI=1S/C17H15/c1-12-7-13(2)9-16(8-12)17-10-14-5-3-4-6-15(14)11-17/h3-11H,1-2H3. The van der Waals surface area contributed by atoms with E-state index < -0.39 is 0 Å². The van der Waals surface area contributed by atoms with Crippen molar-refractivity contribution in [1.82, 2.24) is 0 Å². The van der Waals surface area contributed by atoms with Crippen LogP contribution in [0.1, 0.15) is 16.7 Å². The smallest absolute Gasteiger partial charge is 0.0137 e. The summed E-state index contributed by atoms with van der Waals surface area (Å²) in [6.45, 7) is 4.30. The molecule has 3 rings (SSSR count). The predicted octanol–water partition coefficient (Wildman–Crippen LogP) is 3.92. The summed E-state index contributed by atoms with van der Waals surface area (Å²) in [6.07, 6.45) is 13.1. The minimum absolute atomic E-state index is 1.32. The molecular formula is C17H15. The van der Waals surface area contributed by atoms with Gasteiger partial charge in [-0.25, -0.2) is 0 Å². The zero-order chi connectivity index (χ0) is 11.8. The highest BCUT2D eigenvalue weighted by Gasteiger charge is 2.34. The van der Waals surface area contributed by atoms with Crippen molar-refractivity contribution in [2.75, 3.05) is 0 Å². The number of allylic oxidation sites excluding steroid dienone is 4. The van der Waals surface area contributed by atoms with E-state index in [9.17, 15) is 0 Å². The first-order chi connectivity index (χ1) is 8.22. The molecule has 83 valence electrons. The molecule has 0 aromatic heterocycles. The van der Waals surface area contributed by atoms with Gasteiger partial charge in [-0.3, -0.25) is 0 Å². The van der Waals surface area contributed by atoms with Crippen molar-refractivity contribution in [2.45, 2.75) is 13.8 Å². The van der Waals surface area contributed by atoms with Gasteiger partial charge in [0.2, 0.25) is 0 Å². The first-order valence-corrected chi connectivity index (χ1v) is 5.96. The molecule has 1 fully saturated rings. The molecular weight excluding hydrogens is 204 g/mol. The maximum Gasteiger partial charge on any atom is 0.0137 e. The topological polar surface area (TPSA) is 0 Å². The lowest BCUT2D eigenvalue weighted by molar-refractivity contribution is 1.22. The molecule has 0 unspecified atom stereocenters. The second-order valence-electron chi connectivity index (χ2n) is 4.75. The lowest BCUT2D eigenvalue weighted by Gasteiger charge is -2.11. The maximum absolute atomic E-state index is 2.27. The van der Waals surface area contributed by atoms with Gasteiger partial charge in [0, 0.05) is 17.8 Å². The average Bonchev–Trinajstić information content (AvgIpc) is 2.71. The Morgan fingerprint density at radius 3 is 1.71 bits per heavy atom. The van der Waals surface area contributed by atoms with Crippen LogP contribution >= 0.6 is 0 Å². The molecule has 2 aliphatic rings. The highest BCUT2D eigenvalue weighted by molar-refractivity contribution is 5.66. The van der Waals surface area contributed by atoms with Crippen molar-refractivity contribution < 1.29 is 0 Å². The molecule has 1 saturated carbocycles. The summed E-state index contributed by atoms with van der Waals surface area (Å²) in [6, 6.07) is 6.72. The summed E-state index contributed by atoms with van der Waals surface area (Å²) in [5, 5.41) is 0. The van der Waals surface area contributed by atoms with Gasteiger partial charge in [0.25, 0.3) is 0 Å². The Bertz CT molecular complexity index is 439. The fourth-order valence-electron chi connectivity index (χ4n) is 2.46. The summed E-state index contributed by atoms with van der Waals surface area (Å²) >= 11 is 0. The van der Waals surface area contributed by atoms with E-state index in [2.05, 4.69) is 69.2 Å². The molecule has 0 saturated heterocycles. The van der Waals surface area contributed by atoms with Gasteiger partial charge in [-0.05, 0) is 32.3 Å². The van der Waals surface area contributed by atoms with Crippen LogP contribution in [0.4, 0.5) is 0 Å². The predicted molar refractivity (Wildman–Crippen MR) is 71.6 cm³/mol. The fourth-order valence-corrected chi connectivity index (χ4v) is 2.46. The monoisotopic (exact) mass is 219 g/mol. The lowest BCUT2D eigenvalue weighted by Crippen LogP contribution is -1.99. The van der Waals surface area contributed by atoms with Gasteiger partial charge in [0.1, 0.15) is 0 Å². The van der Waals surface area contributed by atoms with Crippen LogP contribution in [0.5, 0.6) is 0 Å². The minimum Gasteiger partial charge on any atom is -0.0762 e. The van der Waals surface area contributed by atoms with E-state index >= 15 is 0 Å². The Labute approximate surface area is 104 Å². The number of aryl methyl sites for hydroxylation is 2. The van der Waals surface area contributed by atoms with E-state index in [1.165, 1.54) is 34.4 Å². The Kier molecular flexibility index (Phi) is 2.66. The summed E-state index contributed by atoms with van der Waals surface area (Å²) in [7, 11) is 0. The fraction of sp³-hybridized carbons (Fsp3) is 0.118. The summed E-state index contributed by atoms with van der Waals surface area (Å²) in [5.41, 5.74) is 3.97. The Morgan fingerprint density at radius 1 is 0.647 bits per heavy atom. The van der Waals surface area contributed by atoms with Gasteiger partial charge < -0.3 is 0 Å². The minimum atomic E-state index is 1.32. The molecule has 0 bridgehead atoms. The van der Waals surface area contributed by atoms with Crippen molar-refractivity contribution in [3.63, 3.8) is 0 Å². The van der Waals surface area contributed by atoms with Crippen LogP contribution in [0.15, 0.2) is 42.5 Å². The van der Waals surface area contributed by atoms with Gasteiger partial charge in [-0.1, -0.05) is 53.6 Å². The van der Waals surface area contributed by atoms with E-state index in [0.29, 0.717) is 0 Å². The van der Waals surface area contributed by atoms with Crippen LogP contribution in [0.25, 0.3) is 0 Å². The summed E-state index contributed by atoms with van der Waals surface area (Å²) in [4.78, 5) is 0. The van der Waals surface area contributed by atoms with Crippen molar-refractivity contribution >= 4 is 0 Å². The molecule has 0 spiro atoms. The SMILES string of the molecule is Cc1cc(C)cc([C]2[CH][C]3C=CC=C[C]3[CH]2)c1. The summed E-state index contributed by atoms with van der Waals surface area (Å²) < 4.78 is 0. The van der Waals surface area contributed by atoms with Crippen LogP contribution in [0.3, 0.4) is 0 Å². The largest absolute Gasteiger partial charge is 0.0762 e. The first kappa shape index (κ1) is 10.8. The second kappa shape index (κ2) is 4.18. The molecule has 0 amide bonds. The number of hydrogen-bond donors (Lipinski definition) is 0. The Balaban J connectivity index is 1.86. The van der Waals surface area contributed by atoms with Crippen molar-refractivity contribution in [3.8, 4) is 0 Å². The number of benzene rings is 1. The Morgan fingerprint density at radius 2 is 1.18 bits per heavy atom. The normalized spacial score (nSPS) is 21.1. The van der Waals surface area contributed by atoms with Gasteiger partial charge in [-0.2, -0.15) is 0 Å². The van der Waals surface area contributed by atoms with E-state index in [0.717, 1.165) is 0 Å². The van der Waals surface area contributed by atoms with E-state index in [4.69, 9.17) is 0 Å². The van der Waals surface area contributed by atoms with Crippen LogP contribution < -0.4 is 0 Å². The zero-order valence-electron chi connectivity index (χ0n) is 10.2. The van der Waals surface area contributed by atoms with Gasteiger partial charge in [0.15, 0.2) is 0 Å². The van der Waals surface area contributed by atoms with Crippen molar-refractivity contribution in [2.24, 2.45) is 0 Å². The molecule has 5 radical (unpaired) electrons. The molecule has 0 heteroatoms. The second-order valence-corrected chi connectivity index (χ2v) is 4.75. The molecule has 2 aliphatic carbocycles. The van der Waals surface area contributed by atoms with E-state index in [-0.39, 0.29) is 0 Å². The maximum atomic E-state index is 2.27. The third-order valence-corrected chi connectivity index (χ3v) is 3.17. The van der Waals surface area contributed by atoms with Crippen LogP contribution in [-0.4, -0.2) is 0 Å². The molecule has 1 aromatic rings. The zero-order valence-corrected chi connectivity index (χ0v) is 10.2. The highest BCUT2D eigenvalue weighted by atomic mass is 14.4. The van der Waals surface area contributed by atoms with Crippen molar-refractivity contribution in [1.29, 1.82) is 0 Å². The highest BCUT2D eigenvalue weighted by Crippen LogP contribution is 2.45. The third-order valence-electron chi connectivity index (χ3n) is 3.17. The average molecular weight is 219 g/mol. The first-order valence-electron chi connectivity index (χ1n) is 5.96. The number of hydrogen-bond acceptors (Lipinski definition) is 0. The third kappa shape index (κ3) is 2.09. The van der Waals surface area contributed by atoms with Gasteiger partial charge in [-0.15, -0.1) is 0 Å². The molecule has 0 nitrogen and oxygen atoms in total. The van der Waals surface area contributed by atoms with Crippen LogP contribution in [0.2, 0.25) is 0 Å². The quantitative estimate of drug-likeness (QED) is 0.671. The molecule has 0 heterocycles. The molecule has 0 N–H and O–H groups in total. The lowest BCUT2D eigenvalue weighted by atomic mass is 9.92. The molecule has 0 aliphatic heterocycles. The van der Waals surface area contributed by atoms with Crippen molar-refractivity contribution in [3.05, 3.63) is 89.8 Å². The molecule has 17 heavy (non-hydrogen) atoms. The number of fused-ring (bicyclic) bond motifs is 1. The van der Waals surface area contributed by atoms with Gasteiger partial charge in [0.05, 0.1) is 0 Å². The molecule has 1 aromatic carbocycles. The van der Waals surface area contributed by atoms with E-state index in [1.807, 2.05) is 0 Å². The van der Waals surface area contributed by atoms with Crippen LogP contribution in [-0.2, 0) is 0 Å². The summed E-state index contributed by atoms with van der Waals surface area (Å²) in [5.74, 6) is 3.96. The van der Waals surface area contributed by atoms with Crippen LogP contribution in [0, 0.1) is 44.4 Å². The number of rotatable bonds is 1. The van der Waals surface area contributed by atoms with E-state index in [1.54, 1.807) is 0 Å². The molecule has 0 atom stereocenters. The Hall–Kier alpha value is -1.30. The van der Waals surface area contributed by atoms with Gasteiger partial charge >= 0.3 is 0 Å².